The fraction of sp³-hybridized carbons (Fsp3) is 0.524. The quantitative estimate of drug-likeness (QED) is 0.876. The summed E-state index contributed by atoms with van der Waals surface area (Å²) in [7, 11) is 0. The summed E-state index contributed by atoms with van der Waals surface area (Å²) in [5, 5.41) is 3.66. The fourth-order valence-corrected chi connectivity index (χ4v) is 4.87. The van der Waals surface area contributed by atoms with E-state index in [4.69, 9.17) is 4.74 Å². The Hall–Kier alpha value is -2.41. The highest BCUT2D eigenvalue weighted by Gasteiger charge is 2.40. The molecule has 2 aromatic rings. The van der Waals surface area contributed by atoms with E-state index < -0.39 is 0 Å². The predicted octanol–water partition coefficient (Wildman–Crippen LogP) is 2.92. The van der Waals surface area contributed by atoms with Crippen molar-refractivity contribution in [1.29, 1.82) is 0 Å². The Kier molecular flexibility index (Phi) is 4.76. The monoisotopic (exact) mass is 383 g/mol. The van der Waals surface area contributed by atoms with E-state index in [0.29, 0.717) is 18.0 Å². The number of fused-ring (bicyclic) bond motifs is 2. The van der Waals surface area contributed by atoms with Crippen LogP contribution >= 0.6 is 0 Å². The Balaban J connectivity index is 1.33. The number of aromatic nitrogens is 2. The number of halogens is 1. The number of benzene rings is 1. The largest absolute Gasteiger partial charge is 0.378 e. The van der Waals surface area contributed by atoms with Crippen LogP contribution in [0.25, 0.3) is 0 Å². The summed E-state index contributed by atoms with van der Waals surface area (Å²) in [6, 6.07) is 9.83. The van der Waals surface area contributed by atoms with Gasteiger partial charge in [0.05, 0.1) is 13.2 Å². The van der Waals surface area contributed by atoms with E-state index in [1.165, 1.54) is 18.9 Å². The molecule has 7 heteroatoms. The molecule has 3 atom stereocenters. The van der Waals surface area contributed by atoms with Crippen LogP contribution in [-0.2, 0) is 4.74 Å². The van der Waals surface area contributed by atoms with Crippen molar-refractivity contribution in [1.82, 2.24) is 9.97 Å². The van der Waals surface area contributed by atoms with Crippen LogP contribution in [0.2, 0.25) is 0 Å². The lowest BCUT2D eigenvalue weighted by atomic mass is 9.93. The number of nitrogens with zero attached hydrogens (tertiary/aromatic N) is 4. The second-order valence-electron chi connectivity index (χ2n) is 7.97. The number of morpholine rings is 1. The summed E-state index contributed by atoms with van der Waals surface area (Å²) in [4.78, 5) is 13.5. The Morgan fingerprint density at radius 1 is 1.11 bits per heavy atom. The summed E-state index contributed by atoms with van der Waals surface area (Å²) in [6.45, 7) is 4.06. The van der Waals surface area contributed by atoms with Crippen LogP contribution in [0.5, 0.6) is 0 Å². The van der Waals surface area contributed by atoms with Crippen molar-refractivity contribution < 1.29 is 9.13 Å². The molecule has 0 amide bonds. The molecule has 0 radical (unpaired) electrons. The van der Waals surface area contributed by atoms with E-state index in [1.807, 2.05) is 12.1 Å². The Morgan fingerprint density at radius 3 is 2.86 bits per heavy atom. The lowest BCUT2D eigenvalue weighted by Gasteiger charge is -2.40. The minimum Gasteiger partial charge on any atom is -0.378 e. The van der Waals surface area contributed by atoms with Crippen molar-refractivity contribution in [2.45, 2.75) is 31.3 Å². The molecule has 1 N–H and O–H groups in total. The van der Waals surface area contributed by atoms with Crippen LogP contribution in [-0.4, -0.2) is 54.9 Å². The second kappa shape index (κ2) is 7.54. The van der Waals surface area contributed by atoms with Gasteiger partial charge in [-0.15, -0.1) is 0 Å². The van der Waals surface area contributed by atoms with E-state index in [-0.39, 0.29) is 5.82 Å². The average molecular weight is 383 g/mol. The van der Waals surface area contributed by atoms with Gasteiger partial charge in [-0.1, -0.05) is 6.07 Å². The van der Waals surface area contributed by atoms with Gasteiger partial charge in [-0.25, -0.2) is 14.4 Å². The highest BCUT2D eigenvalue weighted by molar-refractivity contribution is 5.52. The number of rotatable bonds is 4. The average Bonchev–Trinajstić information content (AvgIpc) is 3.15. The molecule has 3 heterocycles. The molecule has 6 nitrogen and oxygen atoms in total. The SMILES string of the molecule is Fc1cccc(N2C[C@H](Nc3cc(N4CCOCC4)ncn3)C3CC[C@H]2C3)c1. The number of hydrogen-bond acceptors (Lipinski definition) is 6. The lowest BCUT2D eigenvalue weighted by molar-refractivity contribution is 0.122. The summed E-state index contributed by atoms with van der Waals surface area (Å²) in [5.41, 5.74) is 0.980. The molecule has 1 aromatic carbocycles. The fourth-order valence-electron chi connectivity index (χ4n) is 4.87. The van der Waals surface area contributed by atoms with Crippen molar-refractivity contribution >= 4 is 17.3 Å². The first kappa shape index (κ1) is 17.7. The molecule has 5 rings (SSSR count). The maximum Gasteiger partial charge on any atom is 0.134 e. The molecule has 2 saturated heterocycles. The van der Waals surface area contributed by atoms with Crippen LogP contribution in [0.15, 0.2) is 36.7 Å². The maximum atomic E-state index is 13.8. The predicted molar refractivity (Wildman–Crippen MR) is 107 cm³/mol. The van der Waals surface area contributed by atoms with Crippen LogP contribution < -0.4 is 15.1 Å². The van der Waals surface area contributed by atoms with E-state index in [0.717, 1.165) is 56.6 Å². The first-order valence-electron chi connectivity index (χ1n) is 10.2. The van der Waals surface area contributed by atoms with Gasteiger partial charge in [-0.3, -0.25) is 0 Å². The van der Waals surface area contributed by atoms with E-state index in [9.17, 15) is 4.39 Å². The Bertz CT molecular complexity index is 828. The highest BCUT2D eigenvalue weighted by atomic mass is 19.1. The number of ether oxygens (including phenoxy) is 1. The van der Waals surface area contributed by atoms with Gasteiger partial charge in [0.15, 0.2) is 0 Å². The van der Waals surface area contributed by atoms with Crippen molar-refractivity contribution in [3.05, 3.63) is 42.5 Å². The summed E-state index contributed by atoms with van der Waals surface area (Å²) in [5.74, 6) is 2.28. The molecule has 2 aliphatic heterocycles. The zero-order valence-electron chi connectivity index (χ0n) is 15.9. The zero-order valence-corrected chi connectivity index (χ0v) is 15.9. The van der Waals surface area contributed by atoms with Gasteiger partial charge in [0, 0.05) is 43.5 Å². The number of nitrogens with one attached hydrogen (secondary N) is 1. The molecule has 148 valence electrons. The van der Waals surface area contributed by atoms with Crippen molar-refractivity contribution in [3.63, 3.8) is 0 Å². The van der Waals surface area contributed by atoms with Crippen molar-refractivity contribution in [3.8, 4) is 0 Å². The van der Waals surface area contributed by atoms with Gasteiger partial charge in [0.25, 0.3) is 0 Å². The summed E-state index contributed by atoms with van der Waals surface area (Å²) < 4.78 is 19.2. The lowest BCUT2D eigenvalue weighted by Crippen LogP contribution is -2.49. The van der Waals surface area contributed by atoms with Crippen LogP contribution in [0.1, 0.15) is 19.3 Å². The normalized spacial score (nSPS) is 27.1. The summed E-state index contributed by atoms with van der Waals surface area (Å²) in [6.07, 6.45) is 5.16. The van der Waals surface area contributed by atoms with Crippen LogP contribution in [0, 0.1) is 11.7 Å². The first-order valence-corrected chi connectivity index (χ1v) is 10.2. The first-order chi connectivity index (χ1) is 13.8. The minimum absolute atomic E-state index is 0.173. The standard InChI is InChI=1S/C21H26FN5O/c22-16-2-1-3-17(11-16)27-13-19(15-4-5-18(27)10-15)25-20-12-21(24-14-23-20)26-6-8-28-9-7-26/h1-3,11-12,14-15,18-19H,4-10,13H2,(H,23,24,25)/t15?,18-,19-/m0/s1. The van der Waals surface area contributed by atoms with Crippen LogP contribution in [0.4, 0.5) is 21.7 Å². The van der Waals surface area contributed by atoms with Gasteiger partial charge >= 0.3 is 0 Å². The van der Waals surface area contributed by atoms with Crippen molar-refractivity contribution in [2.24, 2.45) is 5.92 Å². The van der Waals surface area contributed by atoms with E-state index in [1.54, 1.807) is 18.5 Å². The Morgan fingerprint density at radius 2 is 2.00 bits per heavy atom. The third kappa shape index (κ3) is 3.51. The number of hydrogen-bond donors (Lipinski definition) is 1. The van der Waals surface area contributed by atoms with Crippen LogP contribution in [0.3, 0.4) is 0 Å². The molecule has 2 bridgehead atoms. The van der Waals surface area contributed by atoms with E-state index in [2.05, 4.69) is 25.1 Å². The Labute approximate surface area is 164 Å². The smallest absolute Gasteiger partial charge is 0.134 e. The van der Waals surface area contributed by atoms with Gasteiger partial charge in [-0.2, -0.15) is 0 Å². The van der Waals surface area contributed by atoms with Gasteiger partial charge in [0.1, 0.15) is 23.8 Å². The second-order valence-corrected chi connectivity index (χ2v) is 7.97. The third-order valence-corrected chi connectivity index (χ3v) is 6.31. The molecule has 1 aliphatic carbocycles. The molecule has 1 aromatic heterocycles. The summed E-state index contributed by atoms with van der Waals surface area (Å²) >= 11 is 0. The number of anilines is 3. The van der Waals surface area contributed by atoms with E-state index >= 15 is 0 Å². The third-order valence-electron chi connectivity index (χ3n) is 6.31. The molecule has 1 unspecified atom stereocenters. The number of piperidine rings is 1. The molecular weight excluding hydrogens is 357 g/mol. The van der Waals surface area contributed by atoms with Crippen molar-refractivity contribution in [2.75, 3.05) is 48.0 Å². The molecular formula is C21H26FN5O. The molecule has 3 aliphatic rings. The van der Waals surface area contributed by atoms with Gasteiger partial charge in [0.2, 0.25) is 0 Å². The molecule has 0 spiro atoms. The minimum atomic E-state index is -0.173. The maximum absolute atomic E-state index is 13.8. The zero-order chi connectivity index (χ0) is 18.9. The molecule has 28 heavy (non-hydrogen) atoms. The van der Waals surface area contributed by atoms with Gasteiger partial charge in [-0.05, 0) is 43.4 Å². The molecule has 3 fully saturated rings. The highest BCUT2D eigenvalue weighted by Crippen LogP contribution is 2.40. The molecule has 1 saturated carbocycles. The topological polar surface area (TPSA) is 53.5 Å². The van der Waals surface area contributed by atoms with Gasteiger partial charge < -0.3 is 19.9 Å².